The van der Waals surface area contributed by atoms with Crippen LogP contribution in [0.3, 0.4) is 0 Å². The molecule has 1 fully saturated rings. The number of rotatable bonds is 9. The van der Waals surface area contributed by atoms with E-state index in [2.05, 4.69) is 4.98 Å². The number of aryl methyl sites for hydroxylation is 1. The molecule has 3 aromatic rings. The summed E-state index contributed by atoms with van der Waals surface area (Å²) in [5.74, 6) is -3.95. The second-order valence-corrected chi connectivity index (χ2v) is 11.2. The normalized spacial score (nSPS) is 14.8. The van der Waals surface area contributed by atoms with Crippen LogP contribution in [0.25, 0.3) is 5.69 Å². The zero-order valence-electron chi connectivity index (χ0n) is 22.2. The third-order valence-electron chi connectivity index (χ3n) is 6.61. The first kappa shape index (κ1) is 29.0. The van der Waals surface area contributed by atoms with E-state index in [1.165, 1.54) is 26.4 Å². The van der Waals surface area contributed by atoms with Crippen LogP contribution in [0.2, 0.25) is 0 Å². The number of carbonyl (C=O) groups is 1. The number of ether oxygens (including phenoxy) is 2. The number of hydrogen-bond donors (Lipinski definition) is 1. The molecule has 1 aliphatic rings. The van der Waals surface area contributed by atoms with Crippen LogP contribution in [-0.2, 0) is 16.3 Å². The Labute approximate surface area is 229 Å². The van der Waals surface area contributed by atoms with Crippen LogP contribution in [0.15, 0.2) is 57.1 Å². The van der Waals surface area contributed by atoms with Gasteiger partial charge in [0, 0.05) is 24.9 Å². The van der Waals surface area contributed by atoms with E-state index in [1.807, 2.05) is 6.92 Å². The second kappa shape index (κ2) is 11.2. The highest BCUT2D eigenvalue weighted by atomic mass is 32.2. The molecule has 4 rings (SSSR count). The zero-order chi connectivity index (χ0) is 29.2. The number of para-hydroxylation sites is 1. The van der Waals surface area contributed by atoms with Crippen molar-refractivity contribution in [1.29, 1.82) is 0 Å². The molecule has 2 heterocycles. The Morgan fingerprint density at radius 2 is 1.73 bits per heavy atom. The lowest BCUT2D eigenvalue weighted by Crippen LogP contribution is -2.31. The number of nitrogens with zero attached hydrogens (tertiary/aromatic N) is 3. The molecule has 1 saturated heterocycles. The van der Waals surface area contributed by atoms with Crippen molar-refractivity contribution in [2.45, 2.75) is 48.3 Å². The molecule has 1 amide bonds. The average Bonchev–Trinajstić information content (AvgIpc) is 3.30. The molecular weight excluding hydrogens is 548 g/mol. The molecule has 13 heteroatoms. The van der Waals surface area contributed by atoms with E-state index in [-0.39, 0.29) is 41.5 Å². The molecule has 0 atom stereocenters. The van der Waals surface area contributed by atoms with Crippen molar-refractivity contribution in [3.05, 3.63) is 64.2 Å². The van der Waals surface area contributed by atoms with Crippen molar-refractivity contribution in [1.82, 2.24) is 14.5 Å². The van der Waals surface area contributed by atoms with Gasteiger partial charge in [0.15, 0.2) is 4.90 Å². The molecule has 1 aromatic heterocycles. The Balaban J connectivity index is 1.83. The molecule has 1 N–H and O–H groups in total. The van der Waals surface area contributed by atoms with Gasteiger partial charge in [0.1, 0.15) is 23.0 Å². The Bertz CT molecular complexity index is 1570. The van der Waals surface area contributed by atoms with Crippen molar-refractivity contribution in [3.63, 3.8) is 0 Å². The van der Waals surface area contributed by atoms with E-state index in [1.54, 1.807) is 18.2 Å². The summed E-state index contributed by atoms with van der Waals surface area (Å²) in [5, 5.41) is 11.4. The number of alkyl halides is 2. The molecule has 0 spiro atoms. The summed E-state index contributed by atoms with van der Waals surface area (Å²) in [5.41, 5.74) is -0.998. The zero-order valence-corrected chi connectivity index (χ0v) is 23.0. The monoisotopic (exact) mass is 577 g/mol. The molecule has 0 aliphatic carbocycles. The Morgan fingerprint density at radius 3 is 2.25 bits per heavy atom. The minimum Gasteiger partial charge on any atom is -0.494 e. The highest BCUT2D eigenvalue weighted by Crippen LogP contribution is 2.38. The molecular formula is C27H29F2N3O7S. The first-order valence-electron chi connectivity index (χ1n) is 12.5. The van der Waals surface area contributed by atoms with Gasteiger partial charge in [-0.1, -0.05) is 19.4 Å². The first-order chi connectivity index (χ1) is 18.9. The van der Waals surface area contributed by atoms with Crippen LogP contribution >= 0.6 is 0 Å². The van der Waals surface area contributed by atoms with Crippen molar-refractivity contribution >= 4 is 15.7 Å². The average molecular weight is 578 g/mol. The summed E-state index contributed by atoms with van der Waals surface area (Å²) in [6.45, 7) is 1.08. The smallest absolute Gasteiger partial charge is 0.296 e. The third-order valence-corrected chi connectivity index (χ3v) is 8.40. The summed E-state index contributed by atoms with van der Waals surface area (Å²) in [7, 11) is -1.88. The van der Waals surface area contributed by atoms with Crippen LogP contribution in [0, 0.1) is 0 Å². The Hall–Kier alpha value is -4.00. The number of hydrogen-bond acceptors (Lipinski definition) is 8. The number of benzene rings is 2. The summed E-state index contributed by atoms with van der Waals surface area (Å²) in [6, 6.07) is 9.31. The maximum atomic E-state index is 13.6. The predicted octanol–water partition coefficient (Wildman–Crippen LogP) is 3.61. The van der Waals surface area contributed by atoms with Gasteiger partial charge < -0.3 is 19.5 Å². The molecule has 0 unspecified atom stereocenters. The predicted molar refractivity (Wildman–Crippen MR) is 141 cm³/mol. The largest absolute Gasteiger partial charge is 0.494 e. The summed E-state index contributed by atoms with van der Waals surface area (Å²) in [4.78, 5) is 29.4. The molecule has 0 saturated carbocycles. The summed E-state index contributed by atoms with van der Waals surface area (Å²) < 4.78 is 66.4. The number of unbranched alkanes of at least 4 members (excludes halogenated alkanes) is 1. The lowest BCUT2D eigenvalue weighted by Gasteiger charge is -2.21. The molecule has 40 heavy (non-hydrogen) atoms. The van der Waals surface area contributed by atoms with Crippen LogP contribution in [0.5, 0.6) is 17.4 Å². The lowest BCUT2D eigenvalue weighted by atomic mass is 10.2. The fourth-order valence-electron chi connectivity index (χ4n) is 4.55. The van der Waals surface area contributed by atoms with E-state index in [0.717, 1.165) is 28.0 Å². The van der Waals surface area contributed by atoms with Crippen LogP contribution < -0.4 is 15.0 Å². The van der Waals surface area contributed by atoms with Gasteiger partial charge in [-0.05, 0) is 42.8 Å². The number of aromatic nitrogens is 2. The standard InChI is InChI=1S/C27H29F2N3O7S/c1-4-5-9-21-30-24(33)23(26(35)32(21)22-19(38-2)7-6-8-20(22)39-3)40(36,37)18-12-10-17(11-13-18)25(34)31-15-14-27(28,29)16-31/h6-8,10-13,35H,4-5,9,14-16H2,1-3H3. The van der Waals surface area contributed by atoms with Gasteiger partial charge in [0.25, 0.3) is 17.4 Å². The van der Waals surface area contributed by atoms with Gasteiger partial charge >= 0.3 is 0 Å². The summed E-state index contributed by atoms with van der Waals surface area (Å²) >= 11 is 0. The highest BCUT2D eigenvalue weighted by molar-refractivity contribution is 7.91. The van der Waals surface area contributed by atoms with Crippen molar-refractivity contribution < 1.29 is 36.6 Å². The maximum absolute atomic E-state index is 13.6. The lowest BCUT2D eigenvalue weighted by molar-refractivity contribution is 0.0120. The number of likely N-dealkylation sites (tertiary alicyclic amines) is 1. The fourth-order valence-corrected chi connectivity index (χ4v) is 5.89. The van der Waals surface area contributed by atoms with Crippen molar-refractivity contribution in [2.75, 3.05) is 27.3 Å². The minimum absolute atomic E-state index is 0.00470. The number of sulfone groups is 1. The van der Waals surface area contributed by atoms with Gasteiger partial charge in [0.2, 0.25) is 15.7 Å². The third kappa shape index (κ3) is 5.37. The van der Waals surface area contributed by atoms with Gasteiger partial charge in [-0.15, -0.1) is 0 Å². The number of amides is 1. The van der Waals surface area contributed by atoms with E-state index < -0.39 is 55.9 Å². The van der Waals surface area contributed by atoms with Crippen LogP contribution in [-0.4, -0.2) is 67.1 Å². The molecule has 0 bridgehead atoms. The number of aromatic hydroxyl groups is 1. The van der Waals surface area contributed by atoms with Crippen molar-refractivity contribution in [3.8, 4) is 23.1 Å². The SMILES string of the molecule is CCCCc1nc(=O)c(S(=O)(=O)c2ccc(C(=O)N3CCC(F)(F)C3)cc2)c(O)n1-c1c(OC)cccc1OC. The van der Waals surface area contributed by atoms with Gasteiger partial charge in [-0.2, -0.15) is 4.98 Å². The topological polar surface area (TPSA) is 128 Å². The molecule has 2 aromatic carbocycles. The minimum atomic E-state index is -4.66. The van der Waals surface area contributed by atoms with E-state index in [0.29, 0.717) is 6.42 Å². The summed E-state index contributed by atoms with van der Waals surface area (Å²) in [6.07, 6.45) is 1.12. The maximum Gasteiger partial charge on any atom is 0.296 e. The molecule has 10 nitrogen and oxygen atoms in total. The van der Waals surface area contributed by atoms with Gasteiger partial charge in [-0.25, -0.2) is 17.2 Å². The van der Waals surface area contributed by atoms with Gasteiger partial charge in [-0.3, -0.25) is 14.2 Å². The number of carbonyl (C=O) groups excluding carboxylic acids is 1. The molecule has 1 aliphatic heterocycles. The van der Waals surface area contributed by atoms with Gasteiger partial charge in [0.05, 0.1) is 25.7 Å². The van der Waals surface area contributed by atoms with E-state index in [4.69, 9.17) is 9.47 Å². The highest BCUT2D eigenvalue weighted by Gasteiger charge is 2.40. The Kier molecular flexibility index (Phi) is 8.15. The van der Waals surface area contributed by atoms with E-state index >= 15 is 0 Å². The first-order valence-corrected chi connectivity index (χ1v) is 14.0. The molecule has 0 radical (unpaired) electrons. The molecule has 214 valence electrons. The van der Waals surface area contributed by atoms with Crippen LogP contribution in [0.1, 0.15) is 42.4 Å². The number of methoxy groups -OCH3 is 2. The number of halogens is 2. The van der Waals surface area contributed by atoms with Crippen LogP contribution in [0.4, 0.5) is 8.78 Å². The fraction of sp³-hybridized carbons (Fsp3) is 0.370. The Morgan fingerprint density at radius 1 is 1.10 bits per heavy atom. The van der Waals surface area contributed by atoms with Crippen molar-refractivity contribution in [2.24, 2.45) is 0 Å². The quantitative estimate of drug-likeness (QED) is 0.409. The van der Waals surface area contributed by atoms with E-state index in [9.17, 15) is 31.9 Å². The second-order valence-electron chi connectivity index (χ2n) is 9.30.